The highest BCUT2D eigenvalue weighted by atomic mass is 16.6. The van der Waals surface area contributed by atoms with Crippen LogP contribution in [-0.4, -0.2) is 56.6 Å². The molecule has 0 saturated carbocycles. The Balaban J connectivity index is 1.60. The molecule has 0 spiro atoms. The number of hydrogen-bond acceptors (Lipinski definition) is 4. The average Bonchev–Trinajstić information content (AvgIpc) is 3.17. The number of piperazine rings is 1. The van der Waals surface area contributed by atoms with Gasteiger partial charge in [-0.3, -0.25) is 4.79 Å². The molecule has 7 heteroatoms. The number of amides is 2. The quantitative estimate of drug-likeness (QED) is 0.737. The van der Waals surface area contributed by atoms with E-state index >= 15 is 0 Å². The standard InChI is InChI=1S/C24H32N4O3/c1-24(2,3)31-23(30)27-13-14-28(20(16-27)21-25-11-12-26(21)4)22(29)19-10-9-17-7-5-6-8-18(17)15-19/h9-12,15,20H,5-8,13-14,16H2,1-4H3. The van der Waals surface area contributed by atoms with Crippen LogP contribution in [0.15, 0.2) is 30.6 Å². The number of rotatable bonds is 2. The maximum absolute atomic E-state index is 13.6. The molecule has 7 nitrogen and oxygen atoms in total. The molecular weight excluding hydrogens is 392 g/mol. The van der Waals surface area contributed by atoms with Gasteiger partial charge in [0.2, 0.25) is 0 Å². The number of carbonyl (C=O) groups is 2. The molecule has 2 heterocycles. The highest BCUT2D eigenvalue weighted by Gasteiger charge is 2.37. The monoisotopic (exact) mass is 424 g/mol. The van der Waals surface area contributed by atoms with Gasteiger partial charge in [0.25, 0.3) is 5.91 Å². The first-order valence-electron chi connectivity index (χ1n) is 11.1. The van der Waals surface area contributed by atoms with Crippen molar-refractivity contribution in [1.29, 1.82) is 0 Å². The maximum atomic E-state index is 13.6. The summed E-state index contributed by atoms with van der Waals surface area (Å²) in [5, 5.41) is 0. The Morgan fingerprint density at radius 3 is 2.52 bits per heavy atom. The van der Waals surface area contributed by atoms with Crippen molar-refractivity contribution in [1.82, 2.24) is 19.4 Å². The summed E-state index contributed by atoms with van der Waals surface area (Å²) >= 11 is 0. The van der Waals surface area contributed by atoms with Crippen molar-refractivity contribution in [2.75, 3.05) is 19.6 Å². The van der Waals surface area contributed by atoms with Gasteiger partial charge in [-0.15, -0.1) is 0 Å². The predicted octanol–water partition coefficient (Wildman–Crippen LogP) is 3.73. The lowest BCUT2D eigenvalue weighted by atomic mass is 9.90. The van der Waals surface area contributed by atoms with Gasteiger partial charge in [-0.05, 0) is 69.7 Å². The van der Waals surface area contributed by atoms with Crippen molar-refractivity contribution in [3.05, 3.63) is 53.1 Å². The summed E-state index contributed by atoms with van der Waals surface area (Å²) < 4.78 is 7.49. The third-order valence-corrected chi connectivity index (χ3v) is 6.04. The Morgan fingerprint density at radius 1 is 1.10 bits per heavy atom. The molecule has 0 N–H and O–H groups in total. The predicted molar refractivity (Wildman–Crippen MR) is 118 cm³/mol. The van der Waals surface area contributed by atoms with Crippen LogP contribution in [0.25, 0.3) is 0 Å². The van der Waals surface area contributed by atoms with E-state index < -0.39 is 5.60 Å². The molecule has 0 radical (unpaired) electrons. The maximum Gasteiger partial charge on any atom is 0.410 e. The molecule has 1 unspecified atom stereocenters. The van der Waals surface area contributed by atoms with Gasteiger partial charge in [-0.1, -0.05) is 6.07 Å². The molecule has 2 amide bonds. The summed E-state index contributed by atoms with van der Waals surface area (Å²) in [6, 6.07) is 5.79. The van der Waals surface area contributed by atoms with Gasteiger partial charge in [-0.2, -0.15) is 0 Å². The number of ether oxygens (including phenoxy) is 1. The minimum absolute atomic E-state index is 0.00906. The topological polar surface area (TPSA) is 67.7 Å². The normalized spacial score (nSPS) is 19.2. The van der Waals surface area contributed by atoms with E-state index in [0.717, 1.165) is 18.7 Å². The molecule has 1 fully saturated rings. The summed E-state index contributed by atoms with van der Waals surface area (Å²) in [6.45, 7) is 6.81. The van der Waals surface area contributed by atoms with Crippen LogP contribution in [0.2, 0.25) is 0 Å². The number of carbonyl (C=O) groups excluding carboxylic acids is 2. The Bertz CT molecular complexity index is 975. The van der Waals surface area contributed by atoms with E-state index in [1.807, 2.05) is 49.5 Å². The zero-order chi connectivity index (χ0) is 22.2. The molecule has 1 saturated heterocycles. The van der Waals surface area contributed by atoms with Crippen LogP contribution >= 0.6 is 0 Å². The van der Waals surface area contributed by atoms with Gasteiger partial charge in [0.05, 0.1) is 6.54 Å². The van der Waals surface area contributed by atoms with Crippen LogP contribution in [0.1, 0.15) is 67.0 Å². The van der Waals surface area contributed by atoms with Crippen LogP contribution in [-0.2, 0) is 24.6 Å². The van der Waals surface area contributed by atoms with E-state index in [1.165, 1.54) is 24.0 Å². The van der Waals surface area contributed by atoms with E-state index in [0.29, 0.717) is 25.2 Å². The number of benzene rings is 1. The van der Waals surface area contributed by atoms with Crippen molar-refractivity contribution in [3.63, 3.8) is 0 Å². The van der Waals surface area contributed by atoms with Crippen molar-refractivity contribution >= 4 is 12.0 Å². The number of aryl methyl sites for hydroxylation is 3. The van der Waals surface area contributed by atoms with E-state index in [1.54, 1.807) is 11.1 Å². The molecule has 166 valence electrons. The molecule has 31 heavy (non-hydrogen) atoms. The summed E-state index contributed by atoms with van der Waals surface area (Å²) in [4.78, 5) is 34.3. The molecular formula is C24H32N4O3. The lowest BCUT2D eigenvalue weighted by molar-refractivity contribution is 0.00291. The van der Waals surface area contributed by atoms with Crippen molar-refractivity contribution in [3.8, 4) is 0 Å². The third kappa shape index (κ3) is 4.60. The van der Waals surface area contributed by atoms with Gasteiger partial charge < -0.3 is 19.1 Å². The van der Waals surface area contributed by atoms with Crippen molar-refractivity contribution < 1.29 is 14.3 Å². The fraction of sp³-hybridized carbons (Fsp3) is 0.542. The summed E-state index contributed by atoms with van der Waals surface area (Å²) in [5.41, 5.74) is 2.80. The van der Waals surface area contributed by atoms with Gasteiger partial charge in [0, 0.05) is 38.1 Å². The second kappa shape index (κ2) is 8.36. The minimum Gasteiger partial charge on any atom is -0.444 e. The number of aromatic nitrogens is 2. The number of hydrogen-bond donors (Lipinski definition) is 0. The molecule has 1 atom stereocenters. The second-order valence-corrected chi connectivity index (χ2v) is 9.53. The first-order valence-corrected chi connectivity index (χ1v) is 11.1. The van der Waals surface area contributed by atoms with Gasteiger partial charge >= 0.3 is 6.09 Å². The van der Waals surface area contributed by atoms with E-state index in [2.05, 4.69) is 17.1 Å². The van der Waals surface area contributed by atoms with E-state index in [9.17, 15) is 9.59 Å². The molecule has 2 aliphatic rings. The highest BCUT2D eigenvalue weighted by molar-refractivity contribution is 5.95. The third-order valence-electron chi connectivity index (χ3n) is 6.04. The molecule has 2 aromatic rings. The van der Waals surface area contributed by atoms with Crippen LogP contribution in [0.3, 0.4) is 0 Å². The number of fused-ring (bicyclic) bond motifs is 1. The number of nitrogens with zero attached hydrogens (tertiary/aromatic N) is 4. The van der Waals surface area contributed by atoms with Crippen LogP contribution in [0.4, 0.5) is 4.79 Å². The van der Waals surface area contributed by atoms with Crippen molar-refractivity contribution in [2.24, 2.45) is 7.05 Å². The molecule has 1 aromatic carbocycles. The van der Waals surface area contributed by atoms with Gasteiger partial charge in [0.1, 0.15) is 17.5 Å². The summed E-state index contributed by atoms with van der Waals surface area (Å²) in [5.74, 6) is 0.754. The van der Waals surface area contributed by atoms with E-state index in [4.69, 9.17) is 4.74 Å². The molecule has 1 aliphatic carbocycles. The van der Waals surface area contributed by atoms with E-state index in [-0.39, 0.29) is 18.0 Å². The smallest absolute Gasteiger partial charge is 0.410 e. The summed E-state index contributed by atoms with van der Waals surface area (Å²) in [6.07, 6.45) is 7.75. The van der Waals surface area contributed by atoms with Gasteiger partial charge in [0.15, 0.2) is 0 Å². The van der Waals surface area contributed by atoms with Crippen LogP contribution in [0.5, 0.6) is 0 Å². The Hall–Kier alpha value is -2.83. The fourth-order valence-electron chi connectivity index (χ4n) is 4.47. The Labute approximate surface area is 184 Å². The molecule has 1 aromatic heterocycles. The van der Waals surface area contributed by atoms with Gasteiger partial charge in [-0.25, -0.2) is 9.78 Å². The molecule has 1 aliphatic heterocycles. The highest BCUT2D eigenvalue weighted by Crippen LogP contribution is 2.29. The SMILES string of the molecule is Cn1ccnc1C1CN(C(=O)OC(C)(C)C)CCN1C(=O)c1ccc2c(c1)CCCC2. The molecule has 4 rings (SSSR count). The Kier molecular flexibility index (Phi) is 5.77. The Morgan fingerprint density at radius 2 is 1.84 bits per heavy atom. The lowest BCUT2D eigenvalue weighted by Gasteiger charge is -2.41. The zero-order valence-corrected chi connectivity index (χ0v) is 18.9. The lowest BCUT2D eigenvalue weighted by Crippen LogP contribution is -2.53. The number of imidazole rings is 1. The first-order chi connectivity index (χ1) is 14.7. The average molecular weight is 425 g/mol. The zero-order valence-electron chi connectivity index (χ0n) is 18.9. The van der Waals surface area contributed by atoms with Crippen LogP contribution in [0, 0.1) is 0 Å². The fourth-order valence-corrected chi connectivity index (χ4v) is 4.47. The van der Waals surface area contributed by atoms with Crippen LogP contribution < -0.4 is 0 Å². The largest absolute Gasteiger partial charge is 0.444 e. The first kappa shape index (κ1) is 21.4. The molecule has 0 bridgehead atoms. The second-order valence-electron chi connectivity index (χ2n) is 9.53. The minimum atomic E-state index is -0.564. The summed E-state index contributed by atoms with van der Waals surface area (Å²) in [7, 11) is 1.91. The van der Waals surface area contributed by atoms with Crippen molar-refractivity contribution in [2.45, 2.75) is 58.1 Å².